The van der Waals surface area contributed by atoms with Crippen molar-refractivity contribution in [2.45, 2.75) is 6.92 Å². The summed E-state index contributed by atoms with van der Waals surface area (Å²) in [7, 11) is 0. The van der Waals surface area contributed by atoms with Crippen LogP contribution in [-0.4, -0.2) is 51.6 Å². The predicted molar refractivity (Wildman–Crippen MR) is 154 cm³/mol. The number of pyridine rings is 1. The molecule has 0 saturated carbocycles. The van der Waals surface area contributed by atoms with E-state index in [0.29, 0.717) is 34.4 Å². The molecule has 1 fully saturated rings. The number of hydrogen-bond acceptors (Lipinski definition) is 7. The number of fused-ring (bicyclic) bond motifs is 1. The van der Waals surface area contributed by atoms with Gasteiger partial charge in [-0.15, -0.1) is 0 Å². The van der Waals surface area contributed by atoms with Gasteiger partial charge in [-0.1, -0.05) is 36.4 Å². The topological polar surface area (TPSA) is 101 Å². The number of aromatic nitrogens is 1. The van der Waals surface area contributed by atoms with Gasteiger partial charge in [-0.25, -0.2) is 8.96 Å². The van der Waals surface area contributed by atoms with E-state index in [4.69, 9.17) is 4.74 Å². The van der Waals surface area contributed by atoms with Crippen LogP contribution in [0, 0.1) is 5.82 Å². The fourth-order valence-corrected chi connectivity index (χ4v) is 5.18. The van der Waals surface area contributed by atoms with Crippen LogP contribution in [0.5, 0.6) is 11.6 Å². The maximum absolute atomic E-state index is 14.0. The fourth-order valence-electron chi connectivity index (χ4n) is 4.33. The van der Waals surface area contributed by atoms with Gasteiger partial charge in [0, 0.05) is 29.1 Å². The third-order valence-electron chi connectivity index (χ3n) is 6.25. The number of imide groups is 1. The molecule has 0 radical (unpaired) electrons. The number of thioether (sulfide) groups is 1. The summed E-state index contributed by atoms with van der Waals surface area (Å²) in [4.78, 5) is 44.1. The number of aliphatic imine (C=N–C) groups is 1. The van der Waals surface area contributed by atoms with E-state index in [2.05, 4.69) is 4.99 Å². The van der Waals surface area contributed by atoms with E-state index in [9.17, 15) is 23.9 Å². The van der Waals surface area contributed by atoms with Crippen molar-refractivity contribution < 1.29 is 23.8 Å². The predicted octanol–water partition coefficient (Wildman–Crippen LogP) is 5.39. The smallest absolute Gasteiger partial charge is 0.293 e. The van der Waals surface area contributed by atoms with Crippen molar-refractivity contribution in [3.8, 4) is 17.3 Å². The molecule has 0 bridgehead atoms. The lowest BCUT2D eigenvalue weighted by molar-refractivity contribution is -0.122. The molecular formula is C30H24FN3O5S. The lowest BCUT2D eigenvalue weighted by Crippen LogP contribution is -2.30. The van der Waals surface area contributed by atoms with Gasteiger partial charge in [0.25, 0.3) is 16.7 Å². The van der Waals surface area contributed by atoms with Gasteiger partial charge in [0.2, 0.25) is 5.88 Å². The Bertz CT molecular complexity index is 1730. The Kier molecular flexibility index (Phi) is 7.79. The quantitative estimate of drug-likeness (QED) is 0.230. The van der Waals surface area contributed by atoms with Gasteiger partial charge in [-0.05, 0) is 61.2 Å². The number of carbonyl (C=O) groups excluding carboxylic acids is 2. The average Bonchev–Trinajstić information content (AvgIpc) is 3.22. The minimum absolute atomic E-state index is 0.00694. The first-order valence-electron chi connectivity index (χ1n) is 12.5. The Morgan fingerprint density at radius 2 is 1.68 bits per heavy atom. The molecule has 1 aliphatic heterocycles. The van der Waals surface area contributed by atoms with E-state index in [-0.39, 0.29) is 29.4 Å². The first kappa shape index (κ1) is 26.9. The van der Waals surface area contributed by atoms with Crippen molar-refractivity contribution >= 4 is 46.0 Å². The third kappa shape index (κ3) is 5.26. The van der Waals surface area contributed by atoms with Crippen LogP contribution < -0.4 is 10.3 Å². The van der Waals surface area contributed by atoms with Crippen molar-refractivity contribution in [3.63, 3.8) is 0 Å². The third-order valence-corrected chi connectivity index (χ3v) is 7.16. The Morgan fingerprint density at radius 1 is 0.975 bits per heavy atom. The zero-order chi connectivity index (χ0) is 28.2. The Balaban J connectivity index is 1.40. The SMILES string of the molecule is CCOc1ccc(-n2c(O)c(C=NCCN3C(=O)S/C(=C\c4ccccc4F)C3=O)c3ccccc3c2=O)cc1. The molecule has 10 heteroatoms. The van der Waals surface area contributed by atoms with Gasteiger partial charge >= 0.3 is 0 Å². The second kappa shape index (κ2) is 11.6. The number of benzene rings is 3. The molecule has 3 aromatic carbocycles. The van der Waals surface area contributed by atoms with Gasteiger partial charge in [-0.3, -0.25) is 24.3 Å². The summed E-state index contributed by atoms with van der Waals surface area (Å²) in [6.07, 6.45) is 2.79. The lowest BCUT2D eigenvalue weighted by atomic mass is 10.1. The van der Waals surface area contributed by atoms with E-state index in [1.807, 2.05) is 6.92 Å². The van der Waals surface area contributed by atoms with Crippen LogP contribution in [0.15, 0.2) is 87.5 Å². The molecule has 1 saturated heterocycles. The van der Waals surface area contributed by atoms with Crippen LogP contribution in [0.3, 0.4) is 0 Å². The van der Waals surface area contributed by atoms with E-state index in [1.165, 1.54) is 29.0 Å². The van der Waals surface area contributed by atoms with Crippen LogP contribution in [0.4, 0.5) is 9.18 Å². The highest BCUT2D eigenvalue weighted by Crippen LogP contribution is 2.32. The largest absolute Gasteiger partial charge is 0.494 e. The Labute approximate surface area is 233 Å². The number of rotatable bonds is 8. The molecule has 8 nitrogen and oxygen atoms in total. The summed E-state index contributed by atoms with van der Waals surface area (Å²) >= 11 is 0.742. The van der Waals surface area contributed by atoms with Gasteiger partial charge in [0.1, 0.15) is 11.6 Å². The molecule has 40 heavy (non-hydrogen) atoms. The van der Waals surface area contributed by atoms with Crippen molar-refractivity contribution in [1.29, 1.82) is 0 Å². The number of amides is 2. The molecule has 1 N–H and O–H groups in total. The lowest BCUT2D eigenvalue weighted by Gasteiger charge is -2.14. The van der Waals surface area contributed by atoms with Gasteiger partial charge in [-0.2, -0.15) is 0 Å². The number of halogens is 1. The molecule has 5 rings (SSSR count). The molecule has 2 heterocycles. The number of hydrogen-bond donors (Lipinski definition) is 1. The molecule has 0 atom stereocenters. The highest BCUT2D eigenvalue weighted by atomic mass is 32.2. The zero-order valence-corrected chi connectivity index (χ0v) is 22.2. The van der Waals surface area contributed by atoms with E-state index < -0.39 is 22.5 Å². The summed E-state index contributed by atoms with van der Waals surface area (Å²) in [5.41, 5.74) is 0.591. The molecular weight excluding hydrogens is 533 g/mol. The number of nitrogens with zero attached hydrogens (tertiary/aromatic N) is 3. The molecule has 0 aliphatic carbocycles. The zero-order valence-electron chi connectivity index (χ0n) is 21.4. The maximum Gasteiger partial charge on any atom is 0.293 e. The Morgan fingerprint density at radius 3 is 2.40 bits per heavy atom. The summed E-state index contributed by atoms with van der Waals surface area (Å²) in [5.74, 6) is -0.670. The highest BCUT2D eigenvalue weighted by Gasteiger charge is 2.34. The van der Waals surface area contributed by atoms with Crippen LogP contribution >= 0.6 is 11.8 Å². The minimum atomic E-state index is -0.522. The van der Waals surface area contributed by atoms with Crippen molar-refractivity contribution in [2.24, 2.45) is 4.99 Å². The van der Waals surface area contributed by atoms with Crippen LogP contribution in [-0.2, 0) is 4.79 Å². The highest BCUT2D eigenvalue weighted by molar-refractivity contribution is 8.18. The van der Waals surface area contributed by atoms with E-state index in [1.54, 1.807) is 60.7 Å². The van der Waals surface area contributed by atoms with E-state index in [0.717, 1.165) is 16.7 Å². The molecule has 2 amide bonds. The number of aromatic hydroxyl groups is 1. The van der Waals surface area contributed by atoms with E-state index >= 15 is 0 Å². The maximum atomic E-state index is 14.0. The number of carbonyl (C=O) groups is 2. The van der Waals surface area contributed by atoms with Gasteiger partial charge in [0.15, 0.2) is 0 Å². The average molecular weight is 558 g/mol. The van der Waals surface area contributed by atoms with Crippen LogP contribution in [0.25, 0.3) is 22.5 Å². The monoisotopic (exact) mass is 557 g/mol. The standard InChI is InChI=1S/C30H24FN3O5S/c1-2-39-21-13-11-20(12-14-21)34-27(35)23-9-5-4-8-22(23)24(28(34)36)18-32-15-16-33-29(37)26(40-30(33)38)17-19-7-3-6-10-25(19)31/h3-14,17-18,36H,2,15-16H2,1H3/b26-17-,32-18?. The van der Waals surface area contributed by atoms with Gasteiger partial charge < -0.3 is 9.84 Å². The summed E-state index contributed by atoms with van der Waals surface area (Å²) in [5, 5.41) is 11.6. The Hall–Kier alpha value is -4.70. The van der Waals surface area contributed by atoms with Crippen molar-refractivity contribution in [1.82, 2.24) is 9.47 Å². The molecule has 0 spiro atoms. The van der Waals surface area contributed by atoms with Crippen molar-refractivity contribution in [3.05, 3.63) is 105 Å². The molecule has 1 aliphatic rings. The first-order valence-corrected chi connectivity index (χ1v) is 13.3. The van der Waals surface area contributed by atoms with Gasteiger partial charge in [0.05, 0.1) is 29.3 Å². The summed E-state index contributed by atoms with van der Waals surface area (Å²) < 4.78 is 20.7. The minimum Gasteiger partial charge on any atom is -0.494 e. The van der Waals surface area contributed by atoms with Crippen LogP contribution in [0.2, 0.25) is 0 Å². The normalized spacial score (nSPS) is 14.7. The second-order valence-corrected chi connectivity index (χ2v) is 9.73. The number of ether oxygens (including phenoxy) is 1. The first-order chi connectivity index (χ1) is 19.4. The fraction of sp³-hybridized carbons (Fsp3) is 0.133. The summed E-state index contributed by atoms with van der Waals surface area (Å²) in [6, 6.07) is 19.6. The van der Waals surface area contributed by atoms with Crippen molar-refractivity contribution in [2.75, 3.05) is 19.7 Å². The summed E-state index contributed by atoms with van der Waals surface area (Å²) in [6.45, 7) is 2.42. The molecule has 4 aromatic rings. The second-order valence-electron chi connectivity index (χ2n) is 8.74. The molecule has 1 aromatic heterocycles. The molecule has 202 valence electrons. The van der Waals surface area contributed by atoms with Crippen LogP contribution in [0.1, 0.15) is 18.1 Å². The molecule has 0 unspecified atom stereocenters.